The van der Waals surface area contributed by atoms with E-state index >= 15 is 0 Å². The number of pyridine rings is 1. The third-order valence-electron chi connectivity index (χ3n) is 2.56. The van der Waals surface area contributed by atoms with Crippen LogP contribution >= 0.6 is 0 Å². The SMILES string of the molecule is CCN(CCOC)c1nccc(CNC)c1F. The highest BCUT2D eigenvalue weighted by atomic mass is 19.1. The van der Waals surface area contributed by atoms with E-state index in [0.29, 0.717) is 37.6 Å². The van der Waals surface area contributed by atoms with Crippen LogP contribution < -0.4 is 10.2 Å². The van der Waals surface area contributed by atoms with Crippen LogP contribution in [0.5, 0.6) is 0 Å². The third kappa shape index (κ3) is 3.64. The van der Waals surface area contributed by atoms with Gasteiger partial charge in [0.15, 0.2) is 11.6 Å². The summed E-state index contributed by atoms with van der Waals surface area (Å²) in [6.07, 6.45) is 1.64. The summed E-state index contributed by atoms with van der Waals surface area (Å²) in [5.41, 5.74) is 0.633. The van der Waals surface area contributed by atoms with Gasteiger partial charge >= 0.3 is 0 Å². The number of nitrogens with zero attached hydrogens (tertiary/aromatic N) is 2. The molecule has 0 atom stereocenters. The number of nitrogens with one attached hydrogen (secondary N) is 1. The van der Waals surface area contributed by atoms with Crippen LogP contribution in [0.1, 0.15) is 12.5 Å². The lowest BCUT2D eigenvalue weighted by atomic mass is 10.2. The van der Waals surface area contributed by atoms with Crippen LogP contribution in [0.4, 0.5) is 10.2 Å². The van der Waals surface area contributed by atoms with Gasteiger partial charge in [0.1, 0.15) is 0 Å². The van der Waals surface area contributed by atoms with Gasteiger partial charge in [-0.15, -0.1) is 0 Å². The molecule has 0 aromatic carbocycles. The van der Waals surface area contributed by atoms with Crippen molar-refractivity contribution >= 4 is 5.82 Å². The Hall–Kier alpha value is -1.20. The largest absolute Gasteiger partial charge is 0.383 e. The molecule has 0 aliphatic rings. The van der Waals surface area contributed by atoms with Gasteiger partial charge in [0.2, 0.25) is 0 Å². The van der Waals surface area contributed by atoms with E-state index in [2.05, 4.69) is 10.3 Å². The highest BCUT2D eigenvalue weighted by molar-refractivity contribution is 5.42. The summed E-state index contributed by atoms with van der Waals surface area (Å²) < 4.78 is 19.1. The molecular weight excluding hydrogens is 221 g/mol. The fraction of sp³-hybridized carbons (Fsp3) is 0.583. The van der Waals surface area contributed by atoms with Crippen molar-refractivity contribution < 1.29 is 9.13 Å². The van der Waals surface area contributed by atoms with Gasteiger partial charge in [-0.25, -0.2) is 9.37 Å². The molecule has 0 saturated heterocycles. The summed E-state index contributed by atoms with van der Waals surface area (Å²) >= 11 is 0. The summed E-state index contributed by atoms with van der Waals surface area (Å²) in [5, 5.41) is 2.94. The van der Waals surface area contributed by atoms with Gasteiger partial charge in [-0.05, 0) is 20.0 Å². The fourth-order valence-electron chi connectivity index (χ4n) is 1.63. The Bertz CT molecular complexity index is 347. The summed E-state index contributed by atoms with van der Waals surface area (Å²) in [6.45, 7) is 4.38. The number of hydrogen-bond acceptors (Lipinski definition) is 4. The lowest BCUT2D eigenvalue weighted by Crippen LogP contribution is -2.29. The number of methoxy groups -OCH3 is 1. The quantitative estimate of drug-likeness (QED) is 0.783. The Balaban J connectivity index is 2.90. The highest BCUT2D eigenvalue weighted by Gasteiger charge is 2.14. The minimum Gasteiger partial charge on any atom is -0.383 e. The summed E-state index contributed by atoms with van der Waals surface area (Å²) in [7, 11) is 3.43. The van der Waals surface area contributed by atoms with Crippen molar-refractivity contribution in [1.29, 1.82) is 0 Å². The van der Waals surface area contributed by atoms with Crippen LogP contribution in [0.25, 0.3) is 0 Å². The van der Waals surface area contributed by atoms with Crippen LogP contribution in [0.3, 0.4) is 0 Å². The molecule has 0 unspecified atom stereocenters. The second-order valence-electron chi connectivity index (χ2n) is 3.71. The second-order valence-corrected chi connectivity index (χ2v) is 3.71. The van der Waals surface area contributed by atoms with Crippen molar-refractivity contribution in [3.63, 3.8) is 0 Å². The smallest absolute Gasteiger partial charge is 0.170 e. The molecule has 1 aromatic rings. The number of anilines is 1. The molecule has 0 radical (unpaired) electrons. The average molecular weight is 241 g/mol. The molecule has 0 amide bonds. The van der Waals surface area contributed by atoms with Crippen LogP contribution in [0.15, 0.2) is 12.3 Å². The zero-order valence-corrected chi connectivity index (χ0v) is 10.7. The van der Waals surface area contributed by atoms with Crippen molar-refractivity contribution in [2.45, 2.75) is 13.5 Å². The average Bonchev–Trinajstić information content (AvgIpc) is 2.34. The molecule has 1 aromatic heterocycles. The van der Waals surface area contributed by atoms with Crippen LogP contribution in [0, 0.1) is 5.82 Å². The van der Waals surface area contributed by atoms with Gasteiger partial charge in [-0.3, -0.25) is 0 Å². The Morgan fingerprint density at radius 3 is 2.88 bits per heavy atom. The van der Waals surface area contributed by atoms with E-state index in [-0.39, 0.29) is 5.82 Å². The first-order valence-corrected chi connectivity index (χ1v) is 5.76. The van der Waals surface area contributed by atoms with Crippen molar-refractivity contribution in [3.05, 3.63) is 23.6 Å². The van der Waals surface area contributed by atoms with Gasteiger partial charge < -0.3 is 15.0 Å². The molecule has 0 aliphatic carbocycles. The molecule has 0 saturated carbocycles. The van der Waals surface area contributed by atoms with E-state index in [1.807, 2.05) is 11.8 Å². The summed E-state index contributed by atoms with van der Waals surface area (Å²) in [4.78, 5) is 5.99. The summed E-state index contributed by atoms with van der Waals surface area (Å²) in [5.74, 6) is 0.150. The molecule has 1 N–H and O–H groups in total. The van der Waals surface area contributed by atoms with Crippen molar-refractivity contribution in [2.24, 2.45) is 0 Å². The Labute approximate surface area is 102 Å². The Morgan fingerprint density at radius 1 is 1.53 bits per heavy atom. The van der Waals surface area contributed by atoms with E-state index < -0.39 is 0 Å². The molecule has 1 heterocycles. The zero-order valence-electron chi connectivity index (χ0n) is 10.7. The minimum atomic E-state index is -0.250. The second kappa shape index (κ2) is 7.19. The molecule has 1 rings (SSSR count). The molecule has 96 valence electrons. The molecule has 17 heavy (non-hydrogen) atoms. The fourth-order valence-corrected chi connectivity index (χ4v) is 1.63. The van der Waals surface area contributed by atoms with Crippen LogP contribution in [0.2, 0.25) is 0 Å². The summed E-state index contributed by atoms with van der Waals surface area (Å²) in [6, 6.07) is 1.69. The van der Waals surface area contributed by atoms with Gasteiger partial charge in [0, 0.05) is 38.5 Å². The van der Waals surface area contributed by atoms with E-state index in [9.17, 15) is 4.39 Å². The zero-order chi connectivity index (χ0) is 12.7. The number of ether oxygens (including phenoxy) is 1. The first-order valence-electron chi connectivity index (χ1n) is 5.76. The normalized spacial score (nSPS) is 10.6. The highest BCUT2D eigenvalue weighted by Crippen LogP contribution is 2.19. The number of aromatic nitrogens is 1. The van der Waals surface area contributed by atoms with Crippen LogP contribution in [-0.4, -0.2) is 38.8 Å². The predicted molar refractivity (Wildman–Crippen MR) is 66.7 cm³/mol. The van der Waals surface area contributed by atoms with Crippen molar-refractivity contribution in [1.82, 2.24) is 10.3 Å². The first kappa shape index (κ1) is 13.9. The maximum Gasteiger partial charge on any atom is 0.170 e. The Kier molecular flexibility index (Phi) is 5.86. The number of likely N-dealkylation sites (N-methyl/N-ethyl adjacent to an activating group) is 1. The lowest BCUT2D eigenvalue weighted by molar-refractivity contribution is 0.205. The molecule has 4 nitrogen and oxygen atoms in total. The molecule has 0 fully saturated rings. The lowest BCUT2D eigenvalue weighted by Gasteiger charge is -2.22. The predicted octanol–water partition coefficient (Wildman–Crippen LogP) is 1.41. The maximum atomic E-state index is 14.1. The van der Waals surface area contributed by atoms with E-state index in [0.717, 1.165) is 0 Å². The monoisotopic (exact) mass is 241 g/mol. The maximum absolute atomic E-state index is 14.1. The standard InChI is InChI=1S/C12H20FN3O/c1-4-16(7-8-17-3)12-11(13)10(9-14-2)5-6-15-12/h5-6,14H,4,7-9H2,1-3H3. The molecule has 0 bridgehead atoms. The first-order chi connectivity index (χ1) is 8.24. The van der Waals surface area contributed by atoms with E-state index in [4.69, 9.17) is 4.74 Å². The van der Waals surface area contributed by atoms with E-state index in [1.54, 1.807) is 26.4 Å². The Morgan fingerprint density at radius 2 is 2.29 bits per heavy atom. The topological polar surface area (TPSA) is 37.4 Å². The van der Waals surface area contributed by atoms with E-state index in [1.165, 1.54) is 0 Å². The van der Waals surface area contributed by atoms with Crippen molar-refractivity contribution in [2.75, 3.05) is 38.8 Å². The molecule has 0 aliphatic heterocycles. The molecule has 5 heteroatoms. The third-order valence-corrected chi connectivity index (χ3v) is 2.56. The van der Waals surface area contributed by atoms with Gasteiger partial charge in [0.25, 0.3) is 0 Å². The minimum absolute atomic E-state index is 0.250. The van der Waals surface area contributed by atoms with Gasteiger partial charge in [-0.2, -0.15) is 0 Å². The number of halogens is 1. The molecule has 0 spiro atoms. The van der Waals surface area contributed by atoms with Gasteiger partial charge in [0.05, 0.1) is 6.61 Å². The van der Waals surface area contributed by atoms with Crippen LogP contribution in [-0.2, 0) is 11.3 Å². The number of hydrogen-bond donors (Lipinski definition) is 1. The molecular formula is C12H20FN3O. The van der Waals surface area contributed by atoms with Gasteiger partial charge in [-0.1, -0.05) is 0 Å². The van der Waals surface area contributed by atoms with Crippen molar-refractivity contribution in [3.8, 4) is 0 Å². The number of rotatable bonds is 7.